The fourth-order valence-electron chi connectivity index (χ4n) is 3.65. The number of aromatic nitrogens is 1. The number of aryl methyl sites for hydroxylation is 1. The molecule has 0 aliphatic rings. The standard InChI is InChI=1S/C28H38N4/c1-8-11-12-16-30-28-26(22(9-2)19-29-5)17-21(4)27(31-28)25-15-13-14-24(18-25)23(10-3)20-32(6)7/h9-10,13-15,17-20H,3,8,11-12,16H2,1-2,4-7H3,(H,30,31)/b22-9+,23-20+,29-19?. The average Bonchev–Trinajstić information content (AvgIpc) is 2.79. The van der Waals surface area contributed by atoms with E-state index in [0.29, 0.717) is 0 Å². The highest BCUT2D eigenvalue weighted by molar-refractivity contribution is 6.11. The molecule has 0 atom stereocenters. The number of allylic oxidation sites excluding steroid dienone is 4. The van der Waals surface area contributed by atoms with Gasteiger partial charge in [-0.05, 0) is 54.7 Å². The van der Waals surface area contributed by atoms with Crippen LogP contribution in [0, 0.1) is 6.92 Å². The first kappa shape index (κ1) is 25.1. The predicted molar refractivity (Wildman–Crippen MR) is 142 cm³/mol. The van der Waals surface area contributed by atoms with Crippen molar-refractivity contribution >= 4 is 23.2 Å². The zero-order valence-corrected chi connectivity index (χ0v) is 20.6. The van der Waals surface area contributed by atoms with Crippen molar-refractivity contribution in [2.24, 2.45) is 4.99 Å². The maximum absolute atomic E-state index is 5.11. The molecule has 0 spiro atoms. The number of nitrogens with zero attached hydrogens (tertiary/aromatic N) is 3. The normalized spacial score (nSPS) is 12.3. The van der Waals surface area contributed by atoms with E-state index in [1.165, 1.54) is 12.8 Å². The van der Waals surface area contributed by atoms with E-state index < -0.39 is 0 Å². The molecule has 0 aliphatic carbocycles. The van der Waals surface area contributed by atoms with Crippen LogP contribution in [0.1, 0.15) is 49.8 Å². The molecule has 0 radical (unpaired) electrons. The van der Waals surface area contributed by atoms with E-state index in [0.717, 1.165) is 57.9 Å². The Balaban J connectivity index is 2.57. The van der Waals surface area contributed by atoms with Crippen molar-refractivity contribution in [3.8, 4) is 11.3 Å². The highest BCUT2D eigenvalue weighted by Gasteiger charge is 2.14. The summed E-state index contributed by atoms with van der Waals surface area (Å²) in [5.74, 6) is 0.910. The van der Waals surface area contributed by atoms with Gasteiger partial charge in [-0.25, -0.2) is 4.98 Å². The van der Waals surface area contributed by atoms with Crippen molar-refractivity contribution in [2.45, 2.75) is 40.0 Å². The lowest BCUT2D eigenvalue weighted by molar-refractivity contribution is 0.566. The van der Waals surface area contributed by atoms with Crippen LogP contribution >= 0.6 is 0 Å². The van der Waals surface area contributed by atoms with Gasteiger partial charge in [0.15, 0.2) is 0 Å². The van der Waals surface area contributed by atoms with E-state index in [2.05, 4.69) is 73.3 Å². The zero-order valence-electron chi connectivity index (χ0n) is 20.6. The third-order valence-electron chi connectivity index (χ3n) is 5.26. The molecule has 0 aliphatic heterocycles. The molecule has 0 fully saturated rings. The predicted octanol–water partition coefficient (Wildman–Crippen LogP) is 6.85. The van der Waals surface area contributed by atoms with Crippen molar-refractivity contribution in [3.05, 3.63) is 72.0 Å². The summed E-state index contributed by atoms with van der Waals surface area (Å²) in [6.07, 6.45) is 11.5. The fourth-order valence-corrected chi connectivity index (χ4v) is 3.65. The number of rotatable bonds is 11. The van der Waals surface area contributed by atoms with Crippen LogP contribution in [0.15, 0.2) is 60.3 Å². The third kappa shape index (κ3) is 6.68. The summed E-state index contributed by atoms with van der Waals surface area (Å²) in [4.78, 5) is 11.4. The average molecular weight is 431 g/mol. The second-order valence-corrected chi connectivity index (χ2v) is 8.15. The van der Waals surface area contributed by atoms with Gasteiger partial charge in [-0.1, -0.05) is 56.7 Å². The minimum atomic E-state index is 0.906. The summed E-state index contributed by atoms with van der Waals surface area (Å²) in [6.45, 7) is 11.3. The highest BCUT2D eigenvalue weighted by atomic mass is 15.0. The molecule has 1 aromatic carbocycles. The molecule has 4 heteroatoms. The number of hydrogen-bond acceptors (Lipinski definition) is 4. The van der Waals surface area contributed by atoms with E-state index in [1.54, 1.807) is 7.05 Å². The Kier molecular flexibility index (Phi) is 9.93. The largest absolute Gasteiger partial charge is 0.383 e. The van der Waals surface area contributed by atoms with Gasteiger partial charge in [0.2, 0.25) is 0 Å². The zero-order chi connectivity index (χ0) is 23.5. The number of hydrogen-bond donors (Lipinski definition) is 1. The molecule has 0 amide bonds. The first-order chi connectivity index (χ1) is 15.4. The molecule has 1 heterocycles. The summed E-state index contributed by atoms with van der Waals surface area (Å²) >= 11 is 0. The Bertz CT molecular complexity index is 996. The van der Waals surface area contributed by atoms with Gasteiger partial charge < -0.3 is 10.2 Å². The first-order valence-electron chi connectivity index (χ1n) is 11.4. The van der Waals surface area contributed by atoms with E-state index in [1.807, 2.05) is 38.2 Å². The van der Waals surface area contributed by atoms with Crippen LogP contribution in [0.5, 0.6) is 0 Å². The molecule has 0 saturated carbocycles. The molecular formula is C28H38N4. The minimum Gasteiger partial charge on any atom is -0.383 e. The quantitative estimate of drug-likeness (QED) is 0.241. The second-order valence-electron chi connectivity index (χ2n) is 8.15. The lowest BCUT2D eigenvalue weighted by Gasteiger charge is -2.17. The van der Waals surface area contributed by atoms with Crippen molar-refractivity contribution in [3.63, 3.8) is 0 Å². The number of pyridine rings is 1. The third-order valence-corrected chi connectivity index (χ3v) is 5.26. The van der Waals surface area contributed by atoms with Crippen LogP contribution in [0.4, 0.5) is 5.82 Å². The van der Waals surface area contributed by atoms with E-state index in [9.17, 15) is 0 Å². The summed E-state index contributed by atoms with van der Waals surface area (Å²) in [6, 6.07) is 10.7. The van der Waals surface area contributed by atoms with Gasteiger partial charge in [0.25, 0.3) is 0 Å². The number of nitrogens with one attached hydrogen (secondary N) is 1. The van der Waals surface area contributed by atoms with Crippen LogP contribution < -0.4 is 5.32 Å². The minimum absolute atomic E-state index is 0.906. The van der Waals surface area contributed by atoms with Gasteiger partial charge in [0, 0.05) is 51.2 Å². The van der Waals surface area contributed by atoms with Gasteiger partial charge in [0.05, 0.1) is 5.69 Å². The summed E-state index contributed by atoms with van der Waals surface area (Å²) in [5.41, 5.74) is 7.60. The molecule has 1 N–H and O–H groups in total. The van der Waals surface area contributed by atoms with Crippen LogP contribution in [0.2, 0.25) is 0 Å². The Morgan fingerprint density at radius 1 is 1.19 bits per heavy atom. The van der Waals surface area contributed by atoms with Crippen molar-refractivity contribution in [1.29, 1.82) is 0 Å². The van der Waals surface area contributed by atoms with Crippen LogP contribution in [-0.2, 0) is 0 Å². The topological polar surface area (TPSA) is 40.5 Å². The number of aliphatic imine (C=N–C) groups is 1. The Morgan fingerprint density at radius 3 is 2.59 bits per heavy atom. The number of anilines is 1. The Hall–Kier alpha value is -3.14. The second kappa shape index (κ2) is 12.7. The van der Waals surface area contributed by atoms with Crippen molar-refractivity contribution < 1.29 is 0 Å². The van der Waals surface area contributed by atoms with Gasteiger partial charge in [-0.2, -0.15) is 0 Å². The molecule has 0 unspecified atom stereocenters. The summed E-state index contributed by atoms with van der Waals surface area (Å²) in [7, 11) is 5.84. The van der Waals surface area contributed by atoms with Crippen molar-refractivity contribution in [2.75, 3.05) is 33.0 Å². The highest BCUT2D eigenvalue weighted by Crippen LogP contribution is 2.31. The van der Waals surface area contributed by atoms with Gasteiger partial charge >= 0.3 is 0 Å². The van der Waals surface area contributed by atoms with Gasteiger partial charge in [-0.15, -0.1) is 0 Å². The lowest BCUT2D eigenvalue weighted by Crippen LogP contribution is -2.08. The molecular weight excluding hydrogens is 392 g/mol. The van der Waals surface area contributed by atoms with Crippen LogP contribution in [0.25, 0.3) is 22.4 Å². The van der Waals surface area contributed by atoms with E-state index >= 15 is 0 Å². The molecule has 2 aromatic rings. The fraction of sp³-hybridized carbons (Fsp3) is 0.357. The molecule has 32 heavy (non-hydrogen) atoms. The van der Waals surface area contributed by atoms with Gasteiger partial charge in [-0.3, -0.25) is 4.99 Å². The maximum atomic E-state index is 5.11. The van der Waals surface area contributed by atoms with Gasteiger partial charge in [0.1, 0.15) is 5.82 Å². The maximum Gasteiger partial charge on any atom is 0.134 e. The monoisotopic (exact) mass is 430 g/mol. The number of unbranched alkanes of at least 4 members (excludes halogenated alkanes) is 2. The molecule has 170 valence electrons. The summed E-state index contributed by atoms with van der Waals surface area (Å²) in [5, 5.41) is 3.59. The molecule has 2 rings (SSSR count). The molecule has 0 bridgehead atoms. The molecule has 4 nitrogen and oxygen atoms in total. The lowest BCUT2D eigenvalue weighted by atomic mass is 9.97. The first-order valence-corrected chi connectivity index (χ1v) is 11.4. The SMILES string of the molecule is C=C/C(=C\N(C)C)c1cccc(-c2nc(NCCCCC)c(/C(C=NC)=C/C)cc2C)c1. The molecule has 0 saturated heterocycles. The Morgan fingerprint density at radius 2 is 1.97 bits per heavy atom. The Labute approximate surface area is 194 Å². The van der Waals surface area contributed by atoms with E-state index in [4.69, 9.17) is 4.98 Å². The number of benzene rings is 1. The van der Waals surface area contributed by atoms with E-state index in [-0.39, 0.29) is 0 Å². The van der Waals surface area contributed by atoms with Crippen LogP contribution in [-0.4, -0.2) is 43.8 Å². The van der Waals surface area contributed by atoms with Crippen LogP contribution in [0.3, 0.4) is 0 Å². The smallest absolute Gasteiger partial charge is 0.134 e. The van der Waals surface area contributed by atoms with Crippen molar-refractivity contribution in [1.82, 2.24) is 9.88 Å². The summed E-state index contributed by atoms with van der Waals surface area (Å²) < 4.78 is 0. The molecule has 1 aromatic heterocycles.